The van der Waals surface area contributed by atoms with E-state index < -0.39 is 10.0 Å². The molecule has 3 rings (SSSR count). The summed E-state index contributed by atoms with van der Waals surface area (Å²) in [5.41, 5.74) is 1.72. The lowest BCUT2D eigenvalue weighted by Crippen LogP contribution is -2.14. The molecule has 1 aromatic heterocycles. The predicted octanol–water partition coefficient (Wildman–Crippen LogP) is 4.32. The molecule has 0 saturated heterocycles. The molecule has 0 aliphatic carbocycles. The maximum Gasteiger partial charge on any atom is 0.267 e. The number of aromatic nitrogens is 1. The number of ether oxygens (including phenoxy) is 1. The third-order valence-electron chi connectivity index (χ3n) is 3.66. The number of hydrogen-bond acceptors (Lipinski definition) is 5. The second-order valence-electron chi connectivity index (χ2n) is 5.70. The highest BCUT2D eigenvalue weighted by molar-refractivity contribution is 7.92. The summed E-state index contributed by atoms with van der Waals surface area (Å²) < 4.78 is 38.1. The van der Waals surface area contributed by atoms with E-state index in [9.17, 15) is 8.42 Å². The van der Waals surface area contributed by atoms with Gasteiger partial charge < -0.3 is 9.26 Å². The fraction of sp³-hybridized carbons (Fsp3) is 0.167. The van der Waals surface area contributed by atoms with Crippen LogP contribution in [0.15, 0.2) is 57.9 Å². The van der Waals surface area contributed by atoms with Crippen LogP contribution >= 0.6 is 11.6 Å². The number of sulfonamides is 1. The molecule has 6 nitrogen and oxygen atoms in total. The third-order valence-corrected chi connectivity index (χ3v) is 5.54. The van der Waals surface area contributed by atoms with Crippen molar-refractivity contribution in [1.29, 1.82) is 0 Å². The van der Waals surface area contributed by atoms with Crippen LogP contribution in [0.3, 0.4) is 0 Å². The van der Waals surface area contributed by atoms with Crippen molar-refractivity contribution in [2.75, 3.05) is 4.72 Å². The van der Waals surface area contributed by atoms with Crippen molar-refractivity contribution in [2.45, 2.75) is 25.3 Å². The second-order valence-corrected chi connectivity index (χ2v) is 7.75. The molecule has 0 atom stereocenters. The normalized spacial score (nSPS) is 11.3. The first-order chi connectivity index (χ1) is 12.3. The van der Waals surface area contributed by atoms with Gasteiger partial charge in [-0.2, -0.15) is 0 Å². The zero-order valence-corrected chi connectivity index (χ0v) is 15.8. The van der Waals surface area contributed by atoms with E-state index in [1.807, 2.05) is 12.1 Å². The van der Waals surface area contributed by atoms with E-state index in [-0.39, 0.29) is 10.7 Å². The molecule has 0 radical (unpaired) electrons. The summed E-state index contributed by atoms with van der Waals surface area (Å²) in [6.45, 7) is 3.53. The van der Waals surface area contributed by atoms with Gasteiger partial charge in [0, 0.05) is 10.7 Å². The molecule has 136 valence electrons. The van der Waals surface area contributed by atoms with Crippen molar-refractivity contribution >= 4 is 27.3 Å². The molecule has 0 amide bonds. The Morgan fingerprint density at radius 3 is 2.31 bits per heavy atom. The summed E-state index contributed by atoms with van der Waals surface area (Å²) in [4.78, 5) is 0.0561. The number of hydrogen-bond donors (Lipinski definition) is 1. The lowest BCUT2D eigenvalue weighted by Gasteiger charge is -2.10. The zero-order valence-electron chi connectivity index (χ0n) is 14.2. The number of benzene rings is 2. The Labute approximate surface area is 156 Å². The minimum absolute atomic E-state index is 0.0561. The van der Waals surface area contributed by atoms with Crippen molar-refractivity contribution in [2.24, 2.45) is 0 Å². The first-order valence-corrected chi connectivity index (χ1v) is 9.64. The van der Waals surface area contributed by atoms with Gasteiger partial charge in [-0.25, -0.2) is 8.42 Å². The number of rotatable bonds is 6. The maximum absolute atomic E-state index is 12.5. The van der Waals surface area contributed by atoms with Gasteiger partial charge in [-0.15, -0.1) is 0 Å². The molecule has 0 fully saturated rings. The first kappa shape index (κ1) is 18.3. The lowest BCUT2D eigenvalue weighted by atomic mass is 10.2. The summed E-state index contributed by atoms with van der Waals surface area (Å²) in [5.74, 6) is 0.873. The van der Waals surface area contributed by atoms with E-state index in [1.165, 1.54) is 0 Å². The van der Waals surface area contributed by atoms with Crippen LogP contribution in [-0.4, -0.2) is 13.6 Å². The first-order valence-electron chi connectivity index (χ1n) is 7.78. The molecule has 0 saturated carbocycles. The van der Waals surface area contributed by atoms with Gasteiger partial charge in [0.25, 0.3) is 10.0 Å². The Morgan fingerprint density at radius 1 is 1.08 bits per heavy atom. The van der Waals surface area contributed by atoms with Crippen molar-refractivity contribution < 1.29 is 17.7 Å². The molecule has 0 spiro atoms. The topological polar surface area (TPSA) is 81.4 Å². The predicted molar refractivity (Wildman–Crippen MR) is 99.0 cm³/mol. The highest BCUT2D eigenvalue weighted by Crippen LogP contribution is 2.24. The number of aryl methyl sites for hydroxylation is 2. The van der Waals surface area contributed by atoms with Crippen LogP contribution in [0.5, 0.6) is 5.75 Å². The summed E-state index contributed by atoms with van der Waals surface area (Å²) >= 11 is 5.85. The Balaban J connectivity index is 1.67. The smallest absolute Gasteiger partial charge is 0.267 e. The number of nitrogens with zero attached hydrogens (tertiary/aromatic N) is 1. The van der Waals surface area contributed by atoms with Gasteiger partial charge in [0.05, 0.1) is 0 Å². The fourth-order valence-electron chi connectivity index (χ4n) is 2.43. The molecule has 1 heterocycles. The van der Waals surface area contributed by atoms with E-state index in [0.29, 0.717) is 28.8 Å². The number of nitrogens with one attached hydrogen (secondary N) is 1. The van der Waals surface area contributed by atoms with Crippen LogP contribution in [0.25, 0.3) is 0 Å². The zero-order chi connectivity index (χ0) is 18.7. The number of anilines is 1. The van der Waals surface area contributed by atoms with Crippen LogP contribution < -0.4 is 9.46 Å². The maximum atomic E-state index is 12.5. The van der Waals surface area contributed by atoms with Crippen LogP contribution in [0.2, 0.25) is 5.02 Å². The van der Waals surface area contributed by atoms with Crippen molar-refractivity contribution in [3.63, 3.8) is 0 Å². The Bertz CT molecular complexity index is 977. The molecule has 8 heteroatoms. The van der Waals surface area contributed by atoms with E-state index in [1.54, 1.807) is 50.2 Å². The molecular weight excluding hydrogens is 376 g/mol. The van der Waals surface area contributed by atoms with E-state index in [4.69, 9.17) is 20.9 Å². The highest BCUT2D eigenvalue weighted by Gasteiger charge is 2.24. The van der Waals surface area contributed by atoms with Crippen LogP contribution in [0.1, 0.15) is 17.0 Å². The summed E-state index contributed by atoms with van der Waals surface area (Å²) in [5, 5.41) is 4.34. The molecule has 3 aromatic rings. The SMILES string of the molecule is Cc1noc(C)c1S(=O)(=O)Nc1ccc(OCc2ccc(Cl)cc2)cc1. The molecule has 0 unspecified atom stereocenters. The second kappa shape index (κ2) is 7.39. The van der Waals surface area contributed by atoms with Crippen LogP contribution in [0.4, 0.5) is 5.69 Å². The van der Waals surface area contributed by atoms with Crippen molar-refractivity contribution in [1.82, 2.24) is 5.16 Å². The third kappa shape index (κ3) is 4.17. The fourth-order valence-corrected chi connectivity index (χ4v) is 3.95. The van der Waals surface area contributed by atoms with Crippen LogP contribution in [-0.2, 0) is 16.6 Å². The minimum Gasteiger partial charge on any atom is -0.489 e. The average Bonchev–Trinajstić information content (AvgIpc) is 2.95. The minimum atomic E-state index is -3.76. The molecule has 0 bridgehead atoms. The van der Waals surface area contributed by atoms with Gasteiger partial charge in [-0.3, -0.25) is 4.72 Å². The van der Waals surface area contributed by atoms with Crippen molar-refractivity contribution in [3.05, 3.63) is 70.6 Å². The molecule has 0 aliphatic heterocycles. The Kier molecular flexibility index (Phi) is 5.20. The Hall–Kier alpha value is -2.51. The summed E-state index contributed by atoms with van der Waals surface area (Å²) in [6.07, 6.45) is 0. The van der Waals surface area contributed by atoms with Gasteiger partial charge in [0.1, 0.15) is 18.1 Å². The molecule has 0 aliphatic rings. The molecule has 2 aromatic carbocycles. The van der Waals surface area contributed by atoms with Gasteiger partial charge in [0.15, 0.2) is 10.7 Å². The van der Waals surface area contributed by atoms with E-state index in [2.05, 4.69) is 9.88 Å². The van der Waals surface area contributed by atoms with Gasteiger partial charge >= 0.3 is 0 Å². The van der Waals surface area contributed by atoms with Crippen LogP contribution in [0, 0.1) is 13.8 Å². The lowest BCUT2D eigenvalue weighted by molar-refractivity contribution is 0.306. The van der Waals surface area contributed by atoms with Gasteiger partial charge in [-0.1, -0.05) is 28.9 Å². The van der Waals surface area contributed by atoms with Gasteiger partial charge in [0.2, 0.25) is 0 Å². The van der Waals surface area contributed by atoms with Crippen molar-refractivity contribution in [3.8, 4) is 5.75 Å². The van der Waals surface area contributed by atoms with Gasteiger partial charge in [-0.05, 0) is 55.8 Å². The Morgan fingerprint density at radius 2 is 1.73 bits per heavy atom. The standard InChI is InChI=1S/C18H17ClN2O4S/c1-12-18(13(2)25-20-12)26(22,23)21-16-7-9-17(10-8-16)24-11-14-3-5-15(19)6-4-14/h3-10,21H,11H2,1-2H3. The average molecular weight is 393 g/mol. The van der Waals surface area contributed by atoms with E-state index in [0.717, 1.165) is 5.56 Å². The quantitative estimate of drug-likeness (QED) is 0.675. The molecule has 1 N–H and O–H groups in total. The highest BCUT2D eigenvalue weighted by atomic mass is 35.5. The molecular formula is C18H17ClN2O4S. The number of halogens is 1. The molecule has 26 heavy (non-hydrogen) atoms. The summed E-state index contributed by atoms with van der Waals surface area (Å²) in [6, 6.07) is 14.0. The van der Waals surface area contributed by atoms with E-state index >= 15 is 0 Å². The largest absolute Gasteiger partial charge is 0.489 e. The monoisotopic (exact) mass is 392 g/mol. The summed E-state index contributed by atoms with van der Waals surface area (Å²) in [7, 11) is -3.76.